The van der Waals surface area contributed by atoms with Crippen molar-refractivity contribution in [3.63, 3.8) is 0 Å². The molecule has 31 heavy (non-hydrogen) atoms. The standard InChI is InChI=1S/C23H22N4O3S/c1-16-5-9-18(10-6-16)27-22(17-7-11-19(29-2)12-8-17)25-26-23(27)31-15-21(28)24-14-20-4-3-13-30-20/h3-13H,14-15H2,1-2H3,(H,24,28). The summed E-state index contributed by atoms with van der Waals surface area (Å²) in [5.41, 5.74) is 3.00. The third kappa shape index (κ3) is 4.97. The lowest BCUT2D eigenvalue weighted by Crippen LogP contribution is -2.24. The molecule has 0 unspecified atom stereocenters. The summed E-state index contributed by atoms with van der Waals surface area (Å²) in [6.07, 6.45) is 1.58. The van der Waals surface area contributed by atoms with Crippen LogP contribution in [-0.2, 0) is 11.3 Å². The zero-order valence-electron chi connectivity index (χ0n) is 17.2. The highest BCUT2D eigenvalue weighted by Gasteiger charge is 2.17. The molecule has 4 aromatic rings. The summed E-state index contributed by atoms with van der Waals surface area (Å²) in [6, 6.07) is 19.4. The maximum absolute atomic E-state index is 12.3. The minimum atomic E-state index is -0.106. The first-order valence-electron chi connectivity index (χ1n) is 9.73. The highest BCUT2D eigenvalue weighted by Crippen LogP contribution is 2.29. The zero-order valence-corrected chi connectivity index (χ0v) is 18.1. The fourth-order valence-corrected chi connectivity index (χ4v) is 3.78. The number of nitrogens with zero attached hydrogens (tertiary/aromatic N) is 3. The van der Waals surface area contributed by atoms with Crippen LogP contribution in [0.1, 0.15) is 11.3 Å². The van der Waals surface area contributed by atoms with Crippen molar-refractivity contribution in [1.29, 1.82) is 0 Å². The van der Waals surface area contributed by atoms with Gasteiger partial charge in [0.25, 0.3) is 0 Å². The van der Waals surface area contributed by atoms with E-state index in [-0.39, 0.29) is 11.7 Å². The second-order valence-corrected chi connectivity index (χ2v) is 7.79. The molecule has 8 heteroatoms. The molecule has 0 bridgehead atoms. The molecule has 0 aliphatic heterocycles. The number of carbonyl (C=O) groups is 1. The molecule has 2 heterocycles. The largest absolute Gasteiger partial charge is 0.497 e. The number of nitrogens with one attached hydrogen (secondary N) is 1. The normalized spacial score (nSPS) is 10.8. The van der Waals surface area contributed by atoms with Crippen LogP contribution in [0, 0.1) is 6.92 Å². The number of aromatic nitrogens is 3. The molecule has 0 spiro atoms. The molecule has 0 saturated heterocycles. The first-order chi connectivity index (χ1) is 15.1. The summed E-state index contributed by atoms with van der Waals surface area (Å²) in [5, 5.41) is 12.3. The van der Waals surface area contributed by atoms with Crippen molar-refractivity contribution in [3.05, 3.63) is 78.3 Å². The summed E-state index contributed by atoms with van der Waals surface area (Å²) in [5.74, 6) is 2.29. The molecule has 0 aliphatic rings. The summed E-state index contributed by atoms with van der Waals surface area (Å²) >= 11 is 1.34. The van der Waals surface area contributed by atoms with Crippen LogP contribution in [0.5, 0.6) is 5.75 Å². The van der Waals surface area contributed by atoms with Crippen molar-refractivity contribution in [2.75, 3.05) is 12.9 Å². The van der Waals surface area contributed by atoms with Gasteiger partial charge in [0, 0.05) is 11.3 Å². The highest BCUT2D eigenvalue weighted by molar-refractivity contribution is 7.99. The topological polar surface area (TPSA) is 82.2 Å². The lowest BCUT2D eigenvalue weighted by molar-refractivity contribution is -0.118. The van der Waals surface area contributed by atoms with Crippen molar-refractivity contribution in [2.24, 2.45) is 0 Å². The van der Waals surface area contributed by atoms with Crippen molar-refractivity contribution in [1.82, 2.24) is 20.1 Å². The number of amides is 1. The smallest absolute Gasteiger partial charge is 0.230 e. The van der Waals surface area contributed by atoms with E-state index in [0.717, 1.165) is 22.6 Å². The van der Waals surface area contributed by atoms with Crippen molar-refractivity contribution in [3.8, 4) is 22.8 Å². The van der Waals surface area contributed by atoms with Gasteiger partial charge in [-0.3, -0.25) is 9.36 Å². The van der Waals surface area contributed by atoms with Gasteiger partial charge in [0.2, 0.25) is 5.91 Å². The van der Waals surface area contributed by atoms with Gasteiger partial charge < -0.3 is 14.5 Å². The number of thioether (sulfide) groups is 1. The SMILES string of the molecule is COc1ccc(-c2nnc(SCC(=O)NCc3ccco3)n2-c2ccc(C)cc2)cc1. The number of benzene rings is 2. The van der Waals surface area contributed by atoms with Gasteiger partial charge in [0.1, 0.15) is 11.5 Å². The van der Waals surface area contributed by atoms with Crippen LogP contribution in [0.15, 0.2) is 76.5 Å². The Morgan fingerprint density at radius 2 is 1.87 bits per heavy atom. The summed E-state index contributed by atoms with van der Waals surface area (Å²) in [6.45, 7) is 2.40. The van der Waals surface area contributed by atoms with Gasteiger partial charge in [-0.05, 0) is 55.5 Å². The maximum Gasteiger partial charge on any atom is 0.230 e. The summed E-state index contributed by atoms with van der Waals surface area (Å²) in [7, 11) is 1.63. The van der Waals surface area contributed by atoms with Gasteiger partial charge in [-0.15, -0.1) is 10.2 Å². The Morgan fingerprint density at radius 3 is 2.55 bits per heavy atom. The van der Waals surface area contributed by atoms with Gasteiger partial charge in [-0.2, -0.15) is 0 Å². The molecule has 7 nitrogen and oxygen atoms in total. The quantitative estimate of drug-likeness (QED) is 0.418. The Morgan fingerprint density at radius 1 is 1.10 bits per heavy atom. The fourth-order valence-electron chi connectivity index (χ4n) is 3.00. The van der Waals surface area contributed by atoms with E-state index in [9.17, 15) is 4.79 Å². The number of ether oxygens (including phenoxy) is 1. The molecule has 0 atom stereocenters. The average Bonchev–Trinajstić information content (AvgIpc) is 3.47. The molecule has 1 amide bonds. The van der Waals surface area contributed by atoms with Gasteiger partial charge in [-0.25, -0.2) is 0 Å². The van der Waals surface area contributed by atoms with E-state index in [1.165, 1.54) is 11.8 Å². The lowest BCUT2D eigenvalue weighted by atomic mass is 10.2. The summed E-state index contributed by atoms with van der Waals surface area (Å²) < 4.78 is 12.5. The van der Waals surface area contributed by atoms with Crippen LogP contribution >= 0.6 is 11.8 Å². The van der Waals surface area contributed by atoms with E-state index in [1.54, 1.807) is 19.4 Å². The molecule has 0 aliphatic carbocycles. The minimum absolute atomic E-state index is 0.106. The molecule has 158 valence electrons. The van der Waals surface area contributed by atoms with Crippen LogP contribution in [0.4, 0.5) is 0 Å². The Bertz CT molecular complexity index is 1140. The molecule has 0 radical (unpaired) electrons. The molecular formula is C23H22N4O3S. The van der Waals surface area contributed by atoms with Crippen molar-refractivity contribution in [2.45, 2.75) is 18.6 Å². The van der Waals surface area contributed by atoms with Crippen LogP contribution < -0.4 is 10.1 Å². The number of aryl methyl sites for hydroxylation is 1. The van der Waals surface area contributed by atoms with E-state index < -0.39 is 0 Å². The number of furan rings is 1. The Hall–Kier alpha value is -3.52. The third-order valence-corrected chi connectivity index (χ3v) is 5.57. The number of hydrogen-bond acceptors (Lipinski definition) is 6. The van der Waals surface area contributed by atoms with Gasteiger partial charge in [0.15, 0.2) is 11.0 Å². The number of methoxy groups -OCH3 is 1. The average molecular weight is 435 g/mol. The van der Waals surface area contributed by atoms with E-state index >= 15 is 0 Å². The molecule has 2 aromatic carbocycles. The molecule has 0 fully saturated rings. The van der Waals surface area contributed by atoms with Crippen LogP contribution in [-0.4, -0.2) is 33.5 Å². The van der Waals surface area contributed by atoms with E-state index in [4.69, 9.17) is 9.15 Å². The van der Waals surface area contributed by atoms with E-state index in [0.29, 0.717) is 23.3 Å². The Balaban J connectivity index is 1.57. The van der Waals surface area contributed by atoms with Gasteiger partial charge in [0.05, 0.1) is 25.7 Å². The molecule has 1 N–H and O–H groups in total. The highest BCUT2D eigenvalue weighted by atomic mass is 32.2. The van der Waals surface area contributed by atoms with Crippen LogP contribution in [0.3, 0.4) is 0 Å². The predicted molar refractivity (Wildman–Crippen MR) is 119 cm³/mol. The zero-order chi connectivity index (χ0) is 21.6. The van der Waals surface area contributed by atoms with Crippen molar-refractivity contribution >= 4 is 17.7 Å². The van der Waals surface area contributed by atoms with Crippen molar-refractivity contribution < 1.29 is 13.9 Å². The lowest BCUT2D eigenvalue weighted by Gasteiger charge is -2.11. The van der Waals surface area contributed by atoms with E-state index in [2.05, 4.69) is 15.5 Å². The molecule has 4 rings (SSSR count). The van der Waals surface area contributed by atoms with Crippen LogP contribution in [0.25, 0.3) is 17.1 Å². The molecule has 2 aromatic heterocycles. The first kappa shape index (κ1) is 20.7. The minimum Gasteiger partial charge on any atom is -0.497 e. The first-order valence-corrected chi connectivity index (χ1v) is 10.7. The van der Waals surface area contributed by atoms with E-state index in [1.807, 2.05) is 66.1 Å². The summed E-state index contributed by atoms with van der Waals surface area (Å²) in [4.78, 5) is 12.3. The Labute approximate surface area is 184 Å². The predicted octanol–water partition coefficient (Wildman–Crippen LogP) is 4.25. The maximum atomic E-state index is 12.3. The second-order valence-electron chi connectivity index (χ2n) is 6.85. The Kier molecular flexibility index (Phi) is 6.37. The third-order valence-electron chi connectivity index (χ3n) is 4.65. The molecular weight excluding hydrogens is 412 g/mol. The monoisotopic (exact) mass is 434 g/mol. The van der Waals surface area contributed by atoms with Crippen LogP contribution in [0.2, 0.25) is 0 Å². The van der Waals surface area contributed by atoms with Gasteiger partial charge >= 0.3 is 0 Å². The fraction of sp³-hybridized carbons (Fsp3) is 0.174. The van der Waals surface area contributed by atoms with Gasteiger partial charge in [-0.1, -0.05) is 29.5 Å². The number of carbonyl (C=O) groups excluding carboxylic acids is 1. The molecule has 0 saturated carbocycles. The second kappa shape index (κ2) is 9.53. The number of rotatable bonds is 8. The number of hydrogen-bond donors (Lipinski definition) is 1.